The SMILES string of the molecule is NC(=O)CCCn1c(=S)[nH]c2c(Cl)cccc21. The lowest BCUT2D eigenvalue weighted by atomic mass is 10.3. The molecule has 0 spiro atoms. The fourth-order valence-electron chi connectivity index (χ4n) is 1.78. The molecule has 90 valence electrons. The number of hydrogen-bond donors (Lipinski definition) is 2. The number of fused-ring (bicyclic) bond motifs is 1. The van der Waals surface area contributed by atoms with E-state index in [0.717, 1.165) is 11.0 Å². The number of nitrogens with two attached hydrogens (primary N) is 1. The van der Waals surface area contributed by atoms with Crippen LogP contribution in [0.2, 0.25) is 5.02 Å². The first-order valence-corrected chi connectivity index (χ1v) is 6.03. The Balaban J connectivity index is 2.34. The van der Waals surface area contributed by atoms with Crippen LogP contribution in [0.4, 0.5) is 0 Å². The van der Waals surface area contributed by atoms with Crippen LogP contribution in [0.1, 0.15) is 12.8 Å². The summed E-state index contributed by atoms with van der Waals surface area (Å²) in [6, 6.07) is 5.62. The number of benzene rings is 1. The molecular formula is C11H12ClN3OS. The second kappa shape index (κ2) is 4.89. The summed E-state index contributed by atoms with van der Waals surface area (Å²) in [4.78, 5) is 13.8. The van der Waals surface area contributed by atoms with Crippen molar-refractivity contribution in [3.8, 4) is 0 Å². The van der Waals surface area contributed by atoms with Crippen LogP contribution < -0.4 is 5.73 Å². The van der Waals surface area contributed by atoms with Crippen molar-refractivity contribution in [2.24, 2.45) is 5.73 Å². The van der Waals surface area contributed by atoms with Crippen molar-refractivity contribution in [3.05, 3.63) is 28.0 Å². The van der Waals surface area contributed by atoms with Crippen molar-refractivity contribution < 1.29 is 4.79 Å². The molecule has 0 radical (unpaired) electrons. The minimum absolute atomic E-state index is 0.297. The number of aromatic amines is 1. The van der Waals surface area contributed by atoms with Crippen molar-refractivity contribution in [1.82, 2.24) is 9.55 Å². The Kier molecular flexibility index (Phi) is 3.49. The molecule has 0 bridgehead atoms. The number of hydrogen-bond acceptors (Lipinski definition) is 2. The fraction of sp³-hybridized carbons (Fsp3) is 0.273. The molecule has 0 saturated heterocycles. The zero-order valence-corrected chi connectivity index (χ0v) is 10.6. The van der Waals surface area contributed by atoms with Gasteiger partial charge in [-0.3, -0.25) is 4.79 Å². The molecule has 0 aliphatic carbocycles. The lowest BCUT2D eigenvalue weighted by molar-refractivity contribution is -0.118. The summed E-state index contributed by atoms with van der Waals surface area (Å²) in [6.07, 6.45) is 1.03. The Morgan fingerprint density at radius 1 is 1.53 bits per heavy atom. The molecule has 3 N–H and O–H groups in total. The van der Waals surface area contributed by atoms with E-state index in [1.165, 1.54) is 0 Å². The van der Waals surface area contributed by atoms with Crippen LogP contribution in [0.5, 0.6) is 0 Å². The van der Waals surface area contributed by atoms with Gasteiger partial charge in [-0.25, -0.2) is 0 Å². The molecule has 0 fully saturated rings. The number of primary amides is 1. The summed E-state index contributed by atoms with van der Waals surface area (Å²) < 4.78 is 2.54. The van der Waals surface area contributed by atoms with E-state index >= 15 is 0 Å². The lowest BCUT2D eigenvalue weighted by Crippen LogP contribution is -2.11. The number of amides is 1. The Morgan fingerprint density at radius 2 is 2.29 bits per heavy atom. The van der Waals surface area contributed by atoms with Gasteiger partial charge in [-0.2, -0.15) is 0 Å². The number of carbonyl (C=O) groups excluding carboxylic acids is 1. The first-order chi connectivity index (χ1) is 8.09. The van der Waals surface area contributed by atoms with Crippen LogP contribution in [0.15, 0.2) is 18.2 Å². The number of aryl methyl sites for hydroxylation is 1. The standard InChI is InChI=1S/C11H12ClN3OS/c12-7-3-1-4-8-10(7)14-11(17)15(8)6-2-5-9(13)16/h1,3-4H,2,5-6H2,(H2,13,16)(H,14,17). The van der Waals surface area contributed by atoms with Gasteiger partial charge in [-0.1, -0.05) is 17.7 Å². The molecule has 0 saturated carbocycles. The molecule has 0 unspecified atom stereocenters. The number of rotatable bonds is 4. The third-order valence-corrected chi connectivity index (χ3v) is 3.20. The third kappa shape index (κ3) is 2.50. The fourth-order valence-corrected chi connectivity index (χ4v) is 2.29. The summed E-state index contributed by atoms with van der Waals surface area (Å²) in [6.45, 7) is 0.655. The van der Waals surface area contributed by atoms with Crippen molar-refractivity contribution in [1.29, 1.82) is 0 Å². The number of nitrogens with zero attached hydrogens (tertiary/aromatic N) is 1. The Morgan fingerprint density at radius 3 is 3.00 bits per heavy atom. The van der Waals surface area contributed by atoms with Gasteiger partial charge >= 0.3 is 0 Å². The van der Waals surface area contributed by atoms with Gasteiger partial charge in [0.15, 0.2) is 4.77 Å². The smallest absolute Gasteiger partial charge is 0.217 e. The number of halogens is 1. The van der Waals surface area contributed by atoms with E-state index in [1.54, 1.807) is 0 Å². The molecule has 2 aromatic rings. The van der Waals surface area contributed by atoms with Crippen LogP contribution in [-0.2, 0) is 11.3 Å². The first-order valence-electron chi connectivity index (χ1n) is 5.25. The second-order valence-electron chi connectivity index (χ2n) is 3.79. The van der Waals surface area contributed by atoms with Crippen molar-refractivity contribution in [3.63, 3.8) is 0 Å². The average molecular weight is 270 g/mol. The molecular weight excluding hydrogens is 258 g/mol. The lowest BCUT2D eigenvalue weighted by Gasteiger charge is -2.03. The van der Waals surface area contributed by atoms with Gasteiger partial charge in [-0.15, -0.1) is 0 Å². The van der Waals surface area contributed by atoms with E-state index in [-0.39, 0.29) is 5.91 Å². The zero-order valence-electron chi connectivity index (χ0n) is 9.07. The maximum atomic E-state index is 10.7. The Hall–Kier alpha value is -1.33. The highest BCUT2D eigenvalue weighted by molar-refractivity contribution is 7.71. The first kappa shape index (κ1) is 12.1. The van der Waals surface area contributed by atoms with Gasteiger partial charge in [0.25, 0.3) is 0 Å². The van der Waals surface area contributed by atoms with Crippen LogP contribution in [0.25, 0.3) is 11.0 Å². The number of nitrogens with one attached hydrogen (secondary N) is 1. The minimum atomic E-state index is -0.297. The molecule has 17 heavy (non-hydrogen) atoms. The quantitative estimate of drug-likeness (QED) is 0.838. The normalized spacial score (nSPS) is 10.9. The molecule has 6 heteroatoms. The molecule has 0 atom stereocenters. The number of imidazole rings is 1. The molecule has 4 nitrogen and oxygen atoms in total. The van der Waals surface area contributed by atoms with E-state index in [1.807, 2.05) is 22.8 Å². The summed E-state index contributed by atoms with van der Waals surface area (Å²) in [5, 5.41) is 0.641. The number of H-pyrrole nitrogens is 1. The van der Waals surface area contributed by atoms with Crippen LogP contribution in [0, 0.1) is 4.77 Å². The van der Waals surface area contributed by atoms with Crippen molar-refractivity contribution >= 4 is 40.8 Å². The zero-order chi connectivity index (χ0) is 12.4. The largest absolute Gasteiger partial charge is 0.370 e. The van der Waals surface area contributed by atoms with Crippen molar-refractivity contribution in [2.45, 2.75) is 19.4 Å². The number of para-hydroxylation sites is 1. The molecule has 0 aliphatic heterocycles. The predicted octanol–water partition coefficient (Wildman–Crippen LogP) is 2.62. The summed E-state index contributed by atoms with van der Waals surface area (Å²) in [7, 11) is 0. The molecule has 1 aromatic carbocycles. The highest BCUT2D eigenvalue weighted by Crippen LogP contribution is 2.22. The third-order valence-electron chi connectivity index (χ3n) is 2.56. The molecule has 0 aliphatic rings. The average Bonchev–Trinajstić information content (AvgIpc) is 2.57. The van der Waals surface area contributed by atoms with E-state index in [0.29, 0.717) is 29.2 Å². The highest BCUT2D eigenvalue weighted by Gasteiger charge is 2.07. The maximum absolute atomic E-state index is 10.7. The maximum Gasteiger partial charge on any atom is 0.217 e. The van der Waals surface area contributed by atoms with E-state index in [4.69, 9.17) is 29.6 Å². The summed E-state index contributed by atoms with van der Waals surface area (Å²) >= 11 is 11.3. The second-order valence-corrected chi connectivity index (χ2v) is 4.58. The molecule has 2 rings (SSSR count). The Bertz CT molecular complexity index is 617. The van der Waals surface area contributed by atoms with E-state index in [9.17, 15) is 4.79 Å². The summed E-state index contributed by atoms with van der Waals surface area (Å²) in [5.41, 5.74) is 6.89. The van der Waals surface area contributed by atoms with Gasteiger partial charge in [0.2, 0.25) is 5.91 Å². The van der Waals surface area contributed by atoms with Gasteiger partial charge < -0.3 is 15.3 Å². The predicted molar refractivity (Wildman–Crippen MR) is 70.6 cm³/mol. The van der Waals surface area contributed by atoms with Crippen molar-refractivity contribution in [2.75, 3.05) is 0 Å². The van der Waals surface area contributed by atoms with Crippen LogP contribution in [-0.4, -0.2) is 15.5 Å². The monoisotopic (exact) mass is 269 g/mol. The topological polar surface area (TPSA) is 63.8 Å². The van der Waals surface area contributed by atoms with Crippen LogP contribution >= 0.6 is 23.8 Å². The molecule has 1 heterocycles. The van der Waals surface area contributed by atoms with Gasteiger partial charge in [-0.05, 0) is 30.8 Å². The van der Waals surface area contributed by atoms with E-state index in [2.05, 4.69) is 4.98 Å². The van der Waals surface area contributed by atoms with Gasteiger partial charge in [0.1, 0.15) is 0 Å². The summed E-state index contributed by atoms with van der Waals surface area (Å²) in [5.74, 6) is -0.297. The number of carbonyl (C=O) groups is 1. The van der Waals surface area contributed by atoms with E-state index < -0.39 is 0 Å². The minimum Gasteiger partial charge on any atom is -0.370 e. The van der Waals surface area contributed by atoms with Gasteiger partial charge in [0.05, 0.1) is 16.1 Å². The van der Waals surface area contributed by atoms with Crippen LogP contribution in [0.3, 0.4) is 0 Å². The Labute approximate surface area is 108 Å². The van der Waals surface area contributed by atoms with Gasteiger partial charge in [0, 0.05) is 13.0 Å². The number of aromatic nitrogens is 2. The molecule has 1 aromatic heterocycles. The molecule has 1 amide bonds. The highest BCUT2D eigenvalue weighted by atomic mass is 35.5.